The number of carbonyl (C=O) groups excluding carboxylic acids is 1. The molecule has 1 aromatic rings. The number of amides is 1. The Morgan fingerprint density at radius 3 is 2.56 bits per heavy atom. The first-order chi connectivity index (χ1) is 12.1. The summed E-state index contributed by atoms with van der Waals surface area (Å²) in [5, 5.41) is 8.90. The van der Waals surface area contributed by atoms with Gasteiger partial charge < -0.3 is 24.4 Å². The lowest BCUT2D eigenvalue weighted by atomic mass is 10.1. The molecule has 1 amide bonds. The third kappa shape index (κ3) is 6.21. The molecule has 0 atom stereocenters. The average molecular weight is 348 g/mol. The van der Waals surface area contributed by atoms with Crippen LogP contribution in [-0.4, -0.2) is 75.0 Å². The number of aliphatic carboxylic acids is 1. The molecule has 7 nitrogen and oxygen atoms in total. The number of hydrogen-bond donors (Lipinski definition) is 1. The first kappa shape index (κ1) is 19.0. The van der Waals surface area contributed by atoms with Gasteiger partial charge in [0.15, 0.2) is 0 Å². The van der Waals surface area contributed by atoms with Gasteiger partial charge in [0.05, 0.1) is 19.8 Å². The molecule has 0 saturated carbocycles. The van der Waals surface area contributed by atoms with Crippen molar-refractivity contribution in [3.05, 3.63) is 35.9 Å². The number of morpholine rings is 1. The van der Waals surface area contributed by atoms with Gasteiger partial charge in [-0.1, -0.05) is 12.1 Å². The molecule has 1 N–H and O–H groups in total. The van der Waals surface area contributed by atoms with Gasteiger partial charge in [0.1, 0.15) is 6.54 Å². The third-order valence-electron chi connectivity index (χ3n) is 3.89. The number of hydrogen-bond acceptors (Lipinski definition) is 5. The molecule has 0 radical (unpaired) electrons. The molecule has 25 heavy (non-hydrogen) atoms. The molecule has 1 heterocycles. The predicted octanol–water partition coefficient (Wildman–Crippen LogP) is 1.10. The summed E-state index contributed by atoms with van der Waals surface area (Å²) in [7, 11) is 1.51. The highest BCUT2D eigenvalue weighted by Crippen LogP contribution is 2.17. The second-order valence-electron chi connectivity index (χ2n) is 5.67. The van der Waals surface area contributed by atoms with E-state index in [9.17, 15) is 9.59 Å². The van der Waals surface area contributed by atoms with Crippen LogP contribution in [0.1, 0.15) is 5.56 Å². The van der Waals surface area contributed by atoms with Gasteiger partial charge in [0.2, 0.25) is 5.91 Å². The minimum Gasteiger partial charge on any atom is -0.480 e. The highest BCUT2D eigenvalue weighted by atomic mass is 16.5. The van der Waals surface area contributed by atoms with Gasteiger partial charge in [-0.2, -0.15) is 0 Å². The molecule has 2 rings (SSSR count). The van der Waals surface area contributed by atoms with Crippen LogP contribution in [0.2, 0.25) is 0 Å². The van der Waals surface area contributed by atoms with Crippen molar-refractivity contribution < 1.29 is 24.2 Å². The predicted molar refractivity (Wildman–Crippen MR) is 94.6 cm³/mol. The topological polar surface area (TPSA) is 79.3 Å². The summed E-state index contributed by atoms with van der Waals surface area (Å²) in [4.78, 5) is 26.5. The van der Waals surface area contributed by atoms with E-state index in [4.69, 9.17) is 14.6 Å². The Hall–Kier alpha value is -2.38. The minimum atomic E-state index is -1.05. The van der Waals surface area contributed by atoms with Crippen molar-refractivity contribution in [3.63, 3.8) is 0 Å². The maximum absolute atomic E-state index is 12.2. The number of carbonyl (C=O) groups is 2. The molecule has 136 valence electrons. The fourth-order valence-electron chi connectivity index (χ4n) is 2.52. The van der Waals surface area contributed by atoms with Gasteiger partial charge in [0, 0.05) is 38.5 Å². The first-order valence-corrected chi connectivity index (χ1v) is 8.20. The molecule has 1 fully saturated rings. The van der Waals surface area contributed by atoms with Gasteiger partial charge in [-0.15, -0.1) is 0 Å². The van der Waals surface area contributed by atoms with Crippen LogP contribution in [0.15, 0.2) is 30.3 Å². The van der Waals surface area contributed by atoms with E-state index < -0.39 is 5.97 Å². The van der Waals surface area contributed by atoms with Crippen LogP contribution in [-0.2, 0) is 19.1 Å². The Morgan fingerprint density at radius 2 is 1.96 bits per heavy atom. The van der Waals surface area contributed by atoms with E-state index in [1.165, 1.54) is 18.1 Å². The number of ether oxygens (including phenoxy) is 2. The molecular weight excluding hydrogens is 324 g/mol. The molecule has 1 saturated heterocycles. The van der Waals surface area contributed by atoms with Crippen LogP contribution < -0.4 is 4.90 Å². The zero-order valence-electron chi connectivity index (χ0n) is 14.4. The summed E-state index contributed by atoms with van der Waals surface area (Å²) in [5.41, 5.74) is 2.01. The molecule has 1 aliphatic rings. The van der Waals surface area contributed by atoms with Crippen LogP contribution >= 0.6 is 0 Å². The molecule has 1 aliphatic heterocycles. The van der Waals surface area contributed by atoms with E-state index in [0.717, 1.165) is 37.6 Å². The normalized spacial score (nSPS) is 14.7. The third-order valence-corrected chi connectivity index (χ3v) is 3.89. The number of methoxy groups -OCH3 is 1. The maximum atomic E-state index is 12.2. The molecule has 0 spiro atoms. The second-order valence-corrected chi connectivity index (χ2v) is 5.67. The minimum absolute atomic E-state index is 0.238. The highest BCUT2D eigenvalue weighted by Gasteiger charge is 2.14. The number of nitrogens with zero attached hydrogens (tertiary/aromatic N) is 2. The molecule has 0 unspecified atom stereocenters. The summed E-state index contributed by atoms with van der Waals surface area (Å²) in [6, 6.07) is 7.89. The van der Waals surface area contributed by atoms with E-state index in [1.54, 1.807) is 6.08 Å². The summed E-state index contributed by atoms with van der Waals surface area (Å²) in [6.07, 6.45) is 3.08. The lowest BCUT2D eigenvalue weighted by molar-refractivity contribution is -0.143. The molecule has 0 bridgehead atoms. The second kappa shape index (κ2) is 9.80. The Bertz CT molecular complexity index is 594. The van der Waals surface area contributed by atoms with Gasteiger partial charge in [-0.05, 0) is 23.8 Å². The first-order valence-electron chi connectivity index (χ1n) is 8.20. The Kier molecular flexibility index (Phi) is 7.43. The molecular formula is C18H24N2O5. The van der Waals surface area contributed by atoms with Gasteiger partial charge >= 0.3 is 5.97 Å². The summed E-state index contributed by atoms with van der Waals surface area (Å²) >= 11 is 0. The van der Waals surface area contributed by atoms with Crippen molar-refractivity contribution in [1.82, 2.24) is 4.90 Å². The zero-order chi connectivity index (χ0) is 18.1. The zero-order valence-corrected chi connectivity index (χ0v) is 14.4. The van der Waals surface area contributed by atoms with Gasteiger partial charge in [-0.25, -0.2) is 0 Å². The van der Waals surface area contributed by atoms with E-state index in [0.29, 0.717) is 6.61 Å². The Labute approximate surface area is 147 Å². The van der Waals surface area contributed by atoms with Gasteiger partial charge in [-0.3, -0.25) is 9.59 Å². The summed E-state index contributed by atoms with van der Waals surface area (Å²) in [5.74, 6) is -1.40. The van der Waals surface area contributed by atoms with E-state index in [1.807, 2.05) is 24.3 Å². The van der Waals surface area contributed by atoms with Crippen molar-refractivity contribution in [2.75, 3.05) is 58.0 Å². The number of carboxylic acids is 1. The highest BCUT2D eigenvalue weighted by molar-refractivity contribution is 5.93. The van der Waals surface area contributed by atoms with Crippen LogP contribution in [0.25, 0.3) is 6.08 Å². The average Bonchev–Trinajstić information content (AvgIpc) is 2.64. The standard InChI is InChI=1S/C18H24N2O5/c1-24-11-8-20(14-18(22)23)17(21)7-4-15-2-5-16(6-3-15)19-9-12-25-13-10-19/h2-7H,8-14H2,1H3,(H,22,23). The Morgan fingerprint density at radius 1 is 1.28 bits per heavy atom. The largest absolute Gasteiger partial charge is 0.480 e. The number of benzene rings is 1. The van der Waals surface area contributed by atoms with Gasteiger partial charge in [0.25, 0.3) is 0 Å². The lowest BCUT2D eigenvalue weighted by Gasteiger charge is -2.28. The van der Waals surface area contributed by atoms with Crippen molar-refractivity contribution >= 4 is 23.6 Å². The number of anilines is 1. The molecule has 1 aromatic carbocycles. The van der Waals surface area contributed by atoms with Crippen molar-refractivity contribution in [2.45, 2.75) is 0 Å². The van der Waals surface area contributed by atoms with E-state index in [-0.39, 0.29) is 19.0 Å². The van der Waals surface area contributed by atoms with Crippen LogP contribution in [0, 0.1) is 0 Å². The molecule has 0 aliphatic carbocycles. The molecule has 7 heteroatoms. The van der Waals surface area contributed by atoms with Crippen molar-refractivity contribution in [2.24, 2.45) is 0 Å². The van der Waals surface area contributed by atoms with E-state index >= 15 is 0 Å². The lowest BCUT2D eigenvalue weighted by Crippen LogP contribution is -2.36. The van der Waals surface area contributed by atoms with Crippen LogP contribution in [0.3, 0.4) is 0 Å². The van der Waals surface area contributed by atoms with Crippen molar-refractivity contribution in [1.29, 1.82) is 0 Å². The quantitative estimate of drug-likeness (QED) is 0.709. The summed E-state index contributed by atoms with van der Waals surface area (Å²) in [6.45, 7) is 3.40. The smallest absolute Gasteiger partial charge is 0.323 e. The van der Waals surface area contributed by atoms with Crippen LogP contribution in [0.4, 0.5) is 5.69 Å². The SMILES string of the molecule is COCCN(CC(=O)O)C(=O)C=Cc1ccc(N2CCOCC2)cc1. The number of carboxylic acid groups (broad SMARTS) is 1. The van der Waals surface area contributed by atoms with E-state index in [2.05, 4.69) is 4.90 Å². The van der Waals surface area contributed by atoms with Crippen molar-refractivity contribution in [3.8, 4) is 0 Å². The Balaban J connectivity index is 1.96. The molecule has 0 aromatic heterocycles. The fraction of sp³-hybridized carbons (Fsp3) is 0.444. The maximum Gasteiger partial charge on any atom is 0.323 e. The fourth-order valence-corrected chi connectivity index (χ4v) is 2.52. The van der Waals surface area contributed by atoms with Crippen LogP contribution in [0.5, 0.6) is 0 Å². The number of rotatable bonds is 8. The summed E-state index contributed by atoms with van der Waals surface area (Å²) < 4.78 is 10.3. The monoisotopic (exact) mass is 348 g/mol.